The molecule has 7 nitrogen and oxygen atoms in total. The van der Waals surface area contributed by atoms with Gasteiger partial charge in [0.15, 0.2) is 5.96 Å². The van der Waals surface area contributed by atoms with Gasteiger partial charge < -0.3 is 25.0 Å². The smallest absolute Gasteiger partial charge is 0.224 e. The summed E-state index contributed by atoms with van der Waals surface area (Å²) in [6, 6.07) is 6.14. The van der Waals surface area contributed by atoms with Crippen molar-refractivity contribution in [1.29, 1.82) is 0 Å². The first-order chi connectivity index (χ1) is 14.5. The molecule has 1 fully saturated rings. The number of nitrogens with zero attached hydrogens (tertiary/aromatic N) is 2. The zero-order chi connectivity index (χ0) is 21.8. The Kier molecular flexibility index (Phi) is 13.6. The second-order valence-corrected chi connectivity index (χ2v) is 7.91. The number of aryl methyl sites for hydroxylation is 1. The lowest BCUT2D eigenvalue weighted by molar-refractivity contribution is -0.132. The average Bonchev–Trinajstić information content (AvgIpc) is 2.73. The lowest BCUT2D eigenvalue weighted by Gasteiger charge is -2.31. The Balaban J connectivity index is 0.00000480. The molecule has 1 aromatic carbocycles. The minimum atomic E-state index is 0. The first-order valence-electron chi connectivity index (χ1n) is 11.0. The molecule has 1 aliphatic heterocycles. The molecule has 1 aromatic rings. The third kappa shape index (κ3) is 10.1. The van der Waals surface area contributed by atoms with Gasteiger partial charge in [0.05, 0.1) is 13.2 Å². The summed E-state index contributed by atoms with van der Waals surface area (Å²) in [5, 5.41) is 6.54. The maximum absolute atomic E-state index is 12.5. The summed E-state index contributed by atoms with van der Waals surface area (Å²) in [6.07, 6.45) is 2.80. The van der Waals surface area contributed by atoms with Crippen molar-refractivity contribution in [2.24, 2.45) is 10.9 Å². The molecule has 0 saturated carbocycles. The fourth-order valence-corrected chi connectivity index (χ4v) is 3.53. The van der Waals surface area contributed by atoms with Gasteiger partial charge >= 0.3 is 0 Å². The van der Waals surface area contributed by atoms with Crippen LogP contribution >= 0.6 is 24.0 Å². The van der Waals surface area contributed by atoms with Crippen molar-refractivity contribution in [3.05, 3.63) is 29.3 Å². The van der Waals surface area contributed by atoms with E-state index in [1.807, 2.05) is 30.9 Å². The Bertz CT molecular complexity index is 699. The highest BCUT2D eigenvalue weighted by Crippen LogP contribution is 2.21. The van der Waals surface area contributed by atoms with Crippen LogP contribution in [0.25, 0.3) is 0 Å². The van der Waals surface area contributed by atoms with Gasteiger partial charge in [-0.05, 0) is 44.2 Å². The van der Waals surface area contributed by atoms with E-state index in [0.29, 0.717) is 44.6 Å². The third-order valence-electron chi connectivity index (χ3n) is 5.16. The van der Waals surface area contributed by atoms with Crippen molar-refractivity contribution < 1.29 is 14.3 Å². The van der Waals surface area contributed by atoms with E-state index in [4.69, 9.17) is 9.47 Å². The van der Waals surface area contributed by atoms with Crippen LogP contribution in [-0.4, -0.2) is 63.3 Å². The number of piperidine rings is 1. The standard InChI is InChI=1S/C23H38N4O3.HI/c1-5-24-23(25-11-10-22(28)27-12-6-7-19(3)17-27)26-16-20-9-8-18(2)15-21(20)30-14-13-29-4;/h8-9,15,19H,5-7,10-14,16-17H2,1-4H3,(H2,24,25,26);1H. The molecule has 176 valence electrons. The first-order valence-corrected chi connectivity index (χ1v) is 11.0. The predicted octanol–water partition coefficient (Wildman–Crippen LogP) is 3.34. The SMILES string of the molecule is CCNC(=NCc1ccc(C)cc1OCCOC)NCCC(=O)N1CCCC(C)C1.I. The summed E-state index contributed by atoms with van der Waals surface area (Å²) >= 11 is 0. The Morgan fingerprint density at radius 1 is 1.29 bits per heavy atom. The van der Waals surface area contributed by atoms with Crippen LogP contribution in [0.1, 0.15) is 44.2 Å². The van der Waals surface area contributed by atoms with E-state index in [1.165, 1.54) is 6.42 Å². The van der Waals surface area contributed by atoms with E-state index in [1.54, 1.807) is 7.11 Å². The number of nitrogens with one attached hydrogen (secondary N) is 2. The Hall–Kier alpha value is -1.55. The summed E-state index contributed by atoms with van der Waals surface area (Å²) in [5.74, 6) is 2.36. The van der Waals surface area contributed by atoms with Crippen molar-refractivity contribution in [3.63, 3.8) is 0 Å². The lowest BCUT2D eigenvalue weighted by Crippen LogP contribution is -2.42. The molecule has 1 aliphatic rings. The molecule has 1 unspecified atom stereocenters. The summed E-state index contributed by atoms with van der Waals surface area (Å²) in [7, 11) is 1.66. The number of aliphatic imine (C=N–C) groups is 1. The Morgan fingerprint density at radius 2 is 2.10 bits per heavy atom. The van der Waals surface area contributed by atoms with Crippen LogP contribution in [0, 0.1) is 12.8 Å². The van der Waals surface area contributed by atoms with Gasteiger partial charge in [-0.25, -0.2) is 4.99 Å². The summed E-state index contributed by atoms with van der Waals surface area (Å²) in [4.78, 5) is 19.1. The van der Waals surface area contributed by atoms with Crippen molar-refractivity contribution >= 4 is 35.8 Å². The second-order valence-electron chi connectivity index (χ2n) is 7.91. The maximum Gasteiger partial charge on any atom is 0.224 e. The zero-order valence-corrected chi connectivity index (χ0v) is 21.7. The van der Waals surface area contributed by atoms with Crippen molar-refractivity contribution in [1.82, 2.24) is 15.5 Å². The molecule has 1 heterocycles. The Labute approximate surface area is 204 Å². The van der Waals surface area contributed by atoms with Gasteiger partial charge in [0.1, 0.15) is 12.4 Å². The number of hydrogen-bond acceptors (Lipinski definition) is 4. The third-order valence-corrected chi connectivity index (χ3v) is 5.16. The Morgan fingerprint density at radius 3 is 2.81 bits per heavy atom. The number of guanidine groups is 1. The van der Waals surface area contributed by atoms with Crippen LogP contribution < -0.4 is 15.4 Å². The molecule has 1 saturated heterocycles. The molecule has 0 spiro atoms. The van der Waals surface area contributed by atoms with Crippen LogP contribution in [0.4, 0.5) is 0 Å². The molecule has 2 N–H and O–H groups in total. The molecule has 1 atom stereocenters. The summed E-state index contributed by atoms with van der Waals surface area (Å²) in [6.45, 7) is 10.9. The highest BCUT2D eigenvalue weighted by Gasteiger charge is 2.20. The highest BCUT2D eigenvalue weighted by molar-refractivity contribution is 14.0. The molecule has 2 rings (SSSR count). The van der Waals surface area contributed by atoms with E-state index in [0.717, 1.165) is 42.9 Å². The zero-order valence-electron chi connectivity index (χ0n) is 19.4. The molecule has 1 amide bonds. The first kappa shape index (κ1) is 27.5. The van der Waals surface area contributed by atoms with Gasteiger partial charge in [-0.2, -0.15) is 0 Å². The number of amides is 1. The minimum absolute atomic E-state index is 0. The molecule has 8 heteroatoms. The number of hydrogen-bond donors (Lipinski definition) is 2. The fourth-order valence-electron chi connectivity index (χ4n) is 3.53. The molecule has 31 heavy (non-hydrogen) atoms. The average molecular weight is 546 g/mol. The summed E-state index contributed by atoms with van der Waals surface area (Å²) in [5.41, 5.74) is 2.16. The van der Waals surface area contributed by atoms with E-state index in [2.05, 4.69) is 28.6 Å². The number of likely N-dealkylation sites (tertiary alicyclic amines) is 1. The number of carbonyl (C=O) groups excluding carboxylic acids is 1. The number of halogens is 1. The van der Waals surface area contributed by atoms with Gasteiger partial charge in [-0.3, -0.25) is 4.79 Å². The van der Waals surface area contributed by atoms with Gasteiger partial charge in [0, 0.05) is 45.3 Å². The van der Waals surface area contributed by atoms with Crippen LogP contribution in [0.15, 0.2) is 23.2 Å². The van der Waals surface area contributed by atoms with E-state index in [-0.39, 0.29) is 29.9 Å². The van der Waals surface area contributed by atoms with E-state index in [9.17, 15) is 4.79 Å². The monoisotopic (exact) mass is 546 g/mol. The predicted molar refractivity (Wildman–Crippen MR) is 136 cm³/mol. The van der Waals surface area contributed by atoms with Crippen LogP contribution in [0.3, 0.4) is 0 Å². The highest BCUT2D eigenvalue weighted by atomic mass is 127. The van der Waals surface area contributed by atoms with Crippen molar-refractivity contribution in [2.45, 2.75) is 46.6 Å². The maximum atomic E-state index is 12.5. The second kappa shape index (κ2) is 15.3. The lowest BCUT2D eigenvalue weighted by atomic mass is 10.00. The van der Waals surface area contributed by atoms with Crippen LogP contribution in [-0.2, 0) is 16.1 Å². The quantitative estimate of drug-likeness (QED) is 0.204. The largest absolute Gasteiger partial charge is 0.491 e. The van der Waals surface area contributed by atoms with Crippen molar-refractivity contribution in [3.8, 4) is 5.75 Å². The van der Waals surface area contributed by atoms with Crippen LogP contribution in [0.5, 0.6) is 5.75 Å². The topological polar surface area (TPSA) is 75.2 Å². The number of benzene rings is 1. The molecule has 0 radical (unpaired) electrons. The molecular formula is C23H39IN4O3. The number of rotatable bonds is 10. The van der Waals surface area contributed by atoms with Gasteiger partial charge in [0.2, 0.25) is 5.91 Å². The molecule has 0 bridgehead atoms. The molecular weight excluding hydrogens is 507 g/mol. The number of carbonyl (C=O) groups is 1. The molecule has 0 aliphatic carbocycles. The van der Waals surface area contributed by atoms with Gasteiger partial charge in [-0.1, -0.05) is 19.1 Å². The van der Waals surface area contributed by atoms with E-state index >= 15 is 0 Å². The molecule has 0 aromatic heterocycles. The minimum Gasteiger partial charge on any atom is -0.491 e. The number of ether oxygens (including phenoxy) is 2. The fraction of sp³-hybridized carbons (Fsp3) is 0.652. The van der Waals surface area contributed by atoms with E-state index < -0.39 is 0 Å². The number of methoxy groups -OCH3 is 1. The summed E-state index contributed by atoms with van der Waals surface area (Å²) < 4.78 is 10.9. The normalized spacial score (nSPS) is 16.5. The van der Waals surface area contributed by atoms with Gasteiger partial charge in [-0.15, -0.1) is 24.0 Å². The van der Waals surface area contributed by atoms with Crippen molar-refractivity contribution in [2.75, 3.05) is 46.5 Å². The van der Waals surface area contributed by atoms with Crippen LogP contribution in [0.2, 0.25) is 0 Å². The van der Waals surface area contributed by atoms with Gasteiger partial charge in [0.25, 0.3) is 0 Å².